The molecule has 2 aliphatic rings. The van der Waals surface area contributed by atoms with Gasteiger partial charge in [0, 0.05) is 12.6 Å². The van der Waals surface area contributed by atoms with Crippen LogP contribution in [0.4, 0.5) is 0 Å². The maximum atomic E-state index is 13.1. The number of likely N-dealkylation sites (tertiary alicyclic amines) is 1. The second kappa shape index (κ2) is 7.64. The highest BCUT2D eigenvalue weighted by Gasteiger charge is 2.31. The summed E-state index contributed by atoms with van der Waals surface area (Å²) in [4.78, 5) is 15.1. The summed E-state index contributed by atoms with van der Waals surface area (Å²) in [6, 6.07) is 0.678. The van der Waals surface area contributed by atoms with Crippen molar-refractivity contribution in [3.63, 3.8) is 0 Å². The van der Waals surface area contributed by atoms with Gasteiger partial charge in [-0.3, -0.25) is 4.79 Å². The number of hydrogen-bond donors (Lipinski definition) is 1. The van der Waals surface area contributed by atoms with Crippen molar-refractivity contribution >= 4 is 5.91 Å². The van der Waals surface area contributed by atoms with Gasteiger partial charge in [0.05, 0.1) is 12.2 Å². The molecule has 0 bridgehead atoms. The fourth-order valence-electron chi connectivity index (χ4n) is 4.00. The van der Waals surface area contributed by atoms with E-state index >= 15 is 0 Å². The fraction of sp³-hybridized carbons (Fsp3) is 0.833. The Kier molecular flexibility index (Phi) is 5.54. The fourth-order valence-corrected chi connectivity index (χ4v) is 4.00. The van der Waals surface area contributed by atoms with Crippen LogP contribution in [0.25, 0.3) is 0 Å². The highest BCUT2D eigenvalue weighted by molar-refractivity contribution is 5.92. The van der Waals surface area contributed by atoms with Gasteiger partial charge >= 0.3 is 0 Å². The summed E-state index contributed by atoms with van der Waals surface area (Å²) in [5, 5.41) is 11.8. The number of rotatable bonds is 3. The van der Waals surface area contributed by atoms with Crippen molar-refractivity contribution < 1.29 is 4.79 Å². The van der Waals surface area contributed by atoms with E-state index in [1.807, 2.05) is 10.9 Å². The Balaban J connectivity index is 1.75. The molecule has 2 aliphatic heterocycles. The number of aromatic nitrogens is 3. The van der Waals surface area contributed by atoms with Crippen LogP contribution in [0.3, 0.4) is 0 Å². The lowest BCUT2D eigenvalue weighted by Crippen LogP contribution is -2.43. The molecule has 6 nitrogen and oxygen atoms in total. The third kappa shape index (κ3) is 3.79. The summed E-state index contributed by atoms with van der Waals surface area (Å²) in [5.74, 6) is 1.22. The normalized spacial score (nSPS) is 26.6. The van der Waals surface area contributed by atoms with Crippen molar-refractivity contribution in [1.29, 1.82) is 0 Å². The van der Waals surface area contributed by atoms with E-state index in [1.54, 1.807) is 0 Å². The largest absolute Gasteiger partial charge is 0.334 e. The first-order chi connectivity index (χ1) is 11.6. The molecule has 3 heterocycles. The van der Waals surface area contributed by atoms with Gasteiger partial charge in [0.15, 0.2) is 5.69 Å². The number of carbonyl (C=O) groups is 1. The molecule has 6 heteroatoms. The molecule has 0 aliphatic carbocycles. The molecule has 0 spiro atoms. The number of piperidine rings is 1. The van der Waals surface area contributed by atoms with E-state index in [2.05, 4.69) is 41.3 Å². The van der Waals surface area contributed by atoms with Gasteiger partial charge in [-0.25, -0.2) is 4.68 Å². The summed E-state index contributed by atoms with van der Waals surface area (Å²) < 4.78 is 1.90. The molecule has 24 heavy (non-hydrogen) atoms. The van der Waals surface area contributed by atoms with Gasteiger partial charge in [-0.2, -0.15) is 0 Å². The van der Waals surface area contributed by atoms with Crippen molar-refractivity contribution in [2.45, 2.75) is 65.0 Å². The number of carbonyl (C=O) groups excluding carboxylic acids is 1. The molecule has 1 N–H and O–H groups in total. The molecule has 3 rings (SSSR count). The summed E-state index contributed by atoms with van der Waals surface area (Å²) in [6.45, 7) is 9.57. The van der Waals surface area contributed by atoms with E-state index < -0.39 is 0 Å². The van der Waals surface area contributed by atoms with Crippen LogP contribution in [-0.2, 0) is 0 Å². The zero-order valence-electron chi connectivity index (χ0n) is 15.2. The lowest BCUT2D eigenvalue weighted by molar-refractivity contribution is 0.0625. The van der Waals surface area contributed by atoms with Crippen LogP contribution in [0.1, 0.15) is 69.4 Å². The van der Waals surface area contributed by atoms with E-state index in [0.29, 0.717) is 29.6 Å². The van der Waals surface area contributed by atoms with Gasteiger partial charge in [-0.1, -0.05) is 26.0 Å². The van der Waals surface area contributed by atoms with Gasteiger partial charge in [0.2, 0.25) is 0 Å². The topological polar surface area (TPSA) is 63.1 Å². The minimum absolute atomic E-state index is 0.0583. The Morgan fingerprint density at radius 2 is 1.96 bits per heavy atom. The average Bonchev–Trinajstić information content (AvgIpc) is 2.99. The van der Waals surface area contributed by atoms with Crippen LogP contribution in [0.15, 0.2) is 6.20 Å². The molecule has 1 amide bonds. The predicted octanol–water partition coefficient (Wildman–Crippen LogP) is 2.49. The quantitative estimate of drug-likeness (QED) is 0.923. The summed E-state index contributed by atoms with van der Waals surface area (Å²) in [7, 11) is 0. The number of nitrogens with zero attached hydrogens (tertiary/aromatic N) is 4. The van der Waals surface area contributed by atoms with Crippen molar-refractivity contribution in [2.24, 2.45) is 11.8 Å². The first-order valence-electron chi connectivity index (χ1n) is 9.49. The van der Waals surface area contributed by atoms with Gasteiger partial charge in [-0.05, 0) is 57.0 Å². The SMILES string of the molecule is CC(C)[C@H]1CC[C@@H](C)CCN1C(=O)c1cn(C2CCNCC2)nn1. The summed E-state index contributed by atoms with van der Waals surface area (Å²) in [6.07, 6.45) is 7.34. The average molecular weight is 333 g/mol. The van der Waals surface area contributed by atoms with Crippen LogP contribution in [-0.4, -0.2) is 51.5 Å². The van der Waals surface area contributed by atoms with E-state index in [4.69, 9.17) is 0 Å². The maximum absolute atomic E-state index is 13.1. The molecular weight excluding hydrogens is 302 g/mol. The van der Waals surface area contributed by atoms with Crippen molar-refractivity contribution in [3.8, 4) is 0 Å². The predicted molar refractivity (Wildman–Crippen MR) is 93.8 cm³/mol. The van der Waals surface area contributed by atoms with Crippen LogP contribution in [0, 0.1) is 11.8 Å². The van der Waals surface area contributed by atoms with Crippen LogP contribution >= 0.6 is 0 Å². The van der Waals surface area contributed by atoms with Gasteiger partial charge < -0.3 is 10.2 Å². The Morgan fingerprint density at radius 1 is 1.21 bits per heavy atom. The molecule has 0 unspecified atom stereocenters. The van der Waals surface area contributed by atoms with E-state index in [-0.39, 0.29) is 5.91 Å². The van der Waals surface area contributed by atoms with E-state index in [0.717, 1.165) is 45.3 Å². The second-order valence-corrected chi connectivity index (χ2v) is 7.85. The van der Waals surface area contributed by atoms with Crippen LogP contribution < -0.4 is 5.32 Å². The van der Waals surface area contributed by atoms with E-state index in [1.165, 1.54) is 6.42 Å². The zero-order valence-corrected chi connectivity index (χ0v) is 15.2. The molecule has 134 valence electrons. The summed E-state index contributed by atoms with van der Waals surface area (Å²) >= 11 is 0. The Morgan fingerprint density at radius 3 is 2.67 bits per heavy atom. The van der Waals surface area contributed by atoms with Crippen molar-refractivity contribution in [1.82, 2.24) is 25.2 Å². The first kappa shape index (κ1) is 17.4. The van der Waals surface area contributed by atoms with Crippen LogP contribution in [0.2, 0.25) is 0 Å². The number of hydrogen-bond acceptors (Lipinski definition) is 4. The van der Waals surface area contributed by atoms with Gasteiger partial charge in [-0.15, -0.1) is 5.10 Å². The second-order valence-electron chi connectivity index (χ2n) is 7.85. The molecule has 0 aromatic carbocycles. The Bertz CT molecular complexity index is 549. The van der Waals surface area contributed by atoms with E-state index in [9.17, 15) is 4.79 Å². The Labute approximate surface area is 145 Å². The van der Waals surface area contributed by atoms with Gasteiger partial charge in [0.25, 0.3) is 5.91 Å². The standard InChI is InChI=1S/C18H31N5O/c1-13(2)17-5-4-14(3)8-11-22(17)18(24)16-12-23(21-20-16)15-6-9-19-10-7-15/h12-15,17,19H,4-11H2,1-3H3/t14-,17-/m1/s1. The number of nitrogens with one attached hydrogen (secondary N) is 1. The van der Waals surface area contributed by atoms with Crippen molar-refractivity contribution in [2.75, 3.05) is 19.6 Å². The number of amides is 1. The monoisotopic (exact) mass is 333 g/mol. The zero-order chi connectivity index (χ0) is 17.1. The molecule has 2 fully saturated rings. The minimum atomic E-state index is 0.0583. The molecule has 2 saturated heterocycles. The first-order valence-corrected chi connectivity index (χ1v) is 9.49. The lowest BCUT2D eigenvalue weighted by Gasteiger charge is -2.32. The molecule has 0 saturated carbocycles. The molecule has 1 aromatic heterocycles. The summed E-state index contributed by atoms with van der Waals surface area (Å²) in [5.41, 5.74) is 0.508. The minimum Gasteiger partial charge on any atom is -0.334 e. The smallest absolute Gasteiger partial charge is 0.276 e. The highest BCUT2D eigenvalue weighted by atomic mass is 16.2. The molecule has 0 radical (unpaired) electrons. The van der Waals surface area contributed by atoms with Gasteiger partial charge in [0.1, 0.15) is 0 Å². The third-order valence-electron chi connectivity index (χ3n) is 5.66. The molecule has 1 aromatic rings. The van der Waals surface area contributed by atoms with Crippen molar-refractivity contribution in [3.05, 3.63) is 11.9 Å². The maximum Gasteiger partial charge on any atom is 0.276 e. The molecular formula is C18H31N5O. The molecule has 2 atom stereocenters. The Hall–Kier alpha value is -1.43. The third-order valence-corrected chi connectivity index (χ3v) is 5.66. The van der Waals surface area contributed by atoms with Crippen LogP contribution in [0.5, 0.6) is 0 Å². The lowest BCUT2D eigenvalue weighted by atomic mass is 9.95. The highest BCUT2D eigenvalue weighted by Crippen LogP contribution is 2.27.